The van der Waals surface area contributed by atoms with E-state index in [9.17, 15) is 4.21 Å². The van der Waals surface area contributed by atoms with Crippen LogP contribution in [0.15, 0.2) is 23.4 Å². The van der Waals surface area contributed by atoms with E-state index in [0.29, 0.717) is 22.4 Å². The number of nitrogens with one attached hydrogen (secondary N) is 1. The van der Waals surface area contributed by atoms with Crippen LogP contribution in [0.2, 0.25) is 0 Å². The molecule has 1 aromatic rings. The van der Waals surface area contributed by atoms with Gasteiger partial charge in [-0.1, -0.05) is 6.42 Å². The summed E-state index contributed by atoms with van der Waals surface area (Å²) in [6, 6.07) is 5.59. The second kappa shape index (κ2) is 5.89. The molecule has 5 heteroatoms. The van der Waals surface area contributed by atoms with Gasteiger partial charge >= 0.3 is 0 Å². The molecule has 1 fully saturated rings. The molecule has 0 spiro atoms. The van der Waals surface area contributed by atoms with E-state index in [-0.39, 0.29) is 0 Å². The van der Waals surface area contributed by atoms with Crippen LogP contribution in [-0.2, 0) is 10.8 Å². The fourth-order valence-corrected chi connectivity index (χ4v) is 3.20. The standard InChI is InChI=1S/C12H15N3OS/c13-8-10-4-6-15-12(7-10)17(16)9-11-3-1-2-5-14-11/h4,6-7,11,14H,1-3,5,9H2. The summed E-state index contributed by atoms with van der Waals surface area (Å²) < 4.78 is 12.1. The second-order valence-corrected chi connectivity index (χ2v) is 5.60. The minimum absolute atomic E-state index is 0.317. The molecule has 2 heterocycles. The maximum atomic E-state index is 12.1. The normalized spacial score (nSPS) is 21.7. The molecule has 1 saturated heterocycles. The monoisotopic (exact) mass is 249 g/mol. The minimum atomic E-state index is -1.12. The van der Waals surface area contributed by atoms with Gasteiger partial charge in [-0.05, 0) is 31.5 Å². The van der Waals surface area contributed by atoms with Crippen LogP contribution in [0.1, 0.15) is 24.8 Å². The third kappa shape index (κ3) is 3.35. The maximum Gasteiger partial charge on any atom is 0.128 e. The summed E-state index contributed by atoms with van der Waals surface area (Å²) in [5.74, 6) is 0.585. The molecule has 0 saturated carbocycles. The van der Waals surface area contributed by atoms with Crippen LogP contribution in [0.5, 0.6) is 0 Å². The first-order valence-corrected chi connectivity index (χ1v) is 7.09. The van der Waals surface area contributed by atoms with E-state index in [0.717, 1.165) is 13.0 Å². The number of nitriles is 1. The Hall–Kier alpha value is -1.25. The molecule has 1 aliphatic rings. The lowest BCUT2D eigenvalue weighted by Crippen LogP contribution is -2.38. The van der Waals surface area contributed by atoms with E-state index in [4.69, 9.17) is 5.26 Å². The van der Waals surface area contributed by atoms with Gasteiger partial charge in [-0.15, -0.1) is 0 Å². The predicted molar refractivity (Wildman–Crippen MR) is 65.9 cm³/mol. The van der Waals surface area contributed by atoms with E-state index in [1.807, 2.05) is 6.07 Å². The Morgan fingerprint density at radius 2 is 2.47 bits per heavy atom. The zero-order chi connectivity index (χ0) is 12.1. The smallest absolute Gasteiger partial charge is 0.128 e. The van der Waals surface area contributed by atoms with Crippen molar-refractivity contribution in [2.45, 2.75) is 30.3 Å². The van der Waals surface area contributed by atoms with Gasteiger partial charge in [-0.2, -0.15) is 5.26 Å². The molecule has 2 rings (SSSR count). The van der Waals surface area contributed by atoms with Crippen LogP contribution in [0.4, 0.5) is 0 Å². The van der Waals surface area contributed by atoms with Gasteiger partial charge in [0.2, 0.25) is 0 Å². The lowest BCUT2D eigenvalue weighted by molar-refractivity contribution is 0.427. The molecule has 1 aliphatic heterocycles. The average molecular weight is 249 g/mol. The topological polar surface area (TPSA) is 65.8 Å². The second-order valence-electron chi connectivity index (χ2n) is 4.15. The van der Waals surface area contributed by atoms with Crippen LogP contribution in [0.25, 0.3) is 0 Å². The Kier molecular flexibility index (Phi) is 4.24. The van der Waals surface area contributed by atoms with Crippen LogP contribution >= 0.6 is 0 Å². The molecule has 17 heavy (non-hydrogen) atoms. The Bertz CT molecular complexity index is 449. The molecule has 2 unspecified atom stereocenters. The highest BCUT2D eigenvalue weighted by atomic mass is 32.2. The van der Waals surface area contributed by atoms with Crippen molar-refractivity contribution in [3.05, 3.63) is 23.9 Å². The summed E-state index contributed by atoms with van der Waals surface area (Å²) in [6.07, 6.45) is 5.01. The summed E-state index contributed by atoms with van der Waals surface area (Å²) in [5.41, 5.74) is 0.514. The highest BCUT2D eigenvalue weighted by molar-refractivity contribution is 7.85. The number of rotatable bonds is 3. The van der Waals surface area contributed by atoms with Crippen LogP contribution in [-0.4, -0.2) is 27.5 Å². The van der Waals surface area contributed by atoms with E-state index in [1.54, 1.807) is 18.3 Å². The molecule has 1 aromatic heterocycles. The number of pyridine rings is 1. The zero-order valence-electron chi connectivity index (χ0n) is 9.56. The number of aromatic nitrogens is 1. The molecule has 4 nitrogen and oxygen atoms in total. The van der Waals surface area contributed by atoms with Crippen LogP contribution < -0.4 is 5.32 Å². The Morgan fingerprint density at radius 3 is 3.18 bits per heavy atom. The molecule has 0 amide bonds. The molecule has 0 aromatic carbocycles. The minimum Gasteiger partial charge on any atom is -0.313 e. The molecular formula is C12H15N3OS. The Morgan fingerprint density at radius 1 is 1.59 bits per heavy atom. The molecule has 0 aliphatic carbocycles. The lowest BCUT2D eigenvalue weighted by Gasteiger charge is -2.22. The van der Waals surface area contributed by atoms with Crippen molar-refractivity contribution in [1.29, 1.82) is 5.26 Å². The van der Waals surface area contributed by atoms with E-state index < -0.39 is 10.8 Å². The van der Waals surface area contributed by atoms with Gasteiger partial charge in [0, 0.05) is 18.0 Å². The summed E-state index contributed by atoms with van der Waals surface area (Å²) >= 11 is 0. The van der Waals surface area contributed by atoms with Gasteiger partial charge in [-0.25, -0.2) is 4.98 Å². The fourth-order valence-electron chi connectivity index (χ4n) is 1.94. The maximum absolute atomic E-state index is 12.1. The van der Waals surface area contributed by atoms with Crippen molar-refractivity contribution >= 4 is 10.8 Å². The number of piperidine rings is 1. The van der Waals surface area contributed by atoms with Gasteiger partial charge in [0.15, 0.2) is 0 Å². The average Bonchev–Trinajstić information content (AvgIpc) is 2.40. The quantitative estimate of drug-likeness (QED) is 0.874. The summed E-state index contributed by atoms with van der Waals surface area (Å²) in [4.78, 5) is 4.07. The molecule has 90 valence electrons. The van der Waals surface area contributed by atoms with Gasteiger partial charge in [0.1, 0.15) is 5.03 Å². The summed E-state index contributed by atoms with van der Waals surface area (Å²) in [5, 5.41) is 12.6. The summed E-state index contributed by atoms with van der Waals surface area (Å²) in [7, 11) is -1.12. The molecule has 1 N–H and O–H groups in total. The largest absolute Gasteiger partial charge is 0.313 e. The highest BCUT2D eigenvalue weighted by Gasteiger charge is 2.17. The number of hydrogen-bond acceptors (Lipinski definition) is 4. The van der Waals surface area contributed by atoms with Crippen molar-refractivity contribution < 1.29 is 4.21 Å². The first-order chi connectivity index (χ1) is 8.29. The number of nitrogens with zero attached hydrogens (tertiary/aromatic N) is 2. The number of hydrogen-bond donors (Lipinski definition) is 1. The lowest BCUT2D eigenvalue weighted by atomic mass is 10.1. The van der Waals surface area contributed by atoms with Crippen LogP contribution in [0, 0.1) is 11.3 Å². The first-order valence-electron chi connectivity index (χ1n) is 5.77. The first kappa shape index (κ1) is 12.2. The summed E-state index contributed by atoms with van der Waals surface area (Å²) in [6.45, 7) is 1.01. The van der Waals surface area contributed by atoms with Gasteiger partial charge in [0.25, 0.3) is 0 Å². The highest BCUT2D eigenvalue weighted by Crippen LogP contribution is 2.12. The van der Waals surface area contributed by atoms with Gasteiger partial charge < -0.3 is 5.32 Å². The van der Waals surface area contributed by atoms with Crippen molar-refractivity contribution in [1.82, 2.24) is 10.3 Å². The van der Waals surface area contributed by atoms with Gasteiger partial charge in [-0.3, -0.25) is 4.21 Å². The third-order valence-electron chi connectivity index (χ3n) is 2.86. The predicted octanol–water partition coefficient (Wildman–Crippen LogP) is 1.20. The van der Waals surface area contributed by atoms with Crippen LogP contribution in [0.3, 0.4) is 0 Å². The molecular weight excluding hydrogens is 234 g/mol. The fraction of sp³-hybridized carbons (Fsp3) is 0.500. The van der Waals surface area contributed by atoms with Gasteiger partial charge in [0.05, 0.1) is 22.4 Å². The van der Waals surface area contributed by atoms with Crippen molar-refractivity contribution in [2.24, 2.45) is 0 Å². The molecule has 0 bridgehead atoms. The van der Waals surface area contributed by atoms with Crippen molar-refractivity contribution in [3.63, 3.8) is 0 Å². The molecule has 2 atom stereocenters. The Balaban J connectivity index is 2.01. The Labute approximate surface area is 104 Å². The molecule has 0 radical (unpaired) electrons. The van der Waals surface area contributed by atoms with Crippen molar-refractivity contribution in [2.75, 3.05) is 12.3 Å². The van der Waals surface area contributed by atoms with Crippen molar-refractivity contribution in [3.8, 4) is 6.07 Å². The third-order valence-corrected chi connectivity index (χ3v) is 4.26. The van der Waals surface area contributed by atoms with E-state index >= 15 is 0 Å². The zero-order valence-corrected chi connectivity index (χ0v) is 10.4. The van der Waals surface area contributed by atoms with E-state index in [2.05, 4.69) is 10.3 Å². The SMILES string of the molecule is N#Cc1ccnc(S(=O)CC2CCCCN2)c1. The van der Waals surface area contributed by atoms with E-state index in [1.165, 1.54) is 12.8 Å².